The zero-order chi connectivity index (χ0) is 19.6. The molecule has 27 heavy (non-hydrogen) atoms. The lowest BCUT2D eigenvalue weighted by atomic mass is 10.2. The van der Waals surface area contributed by atoms with Crippen LogP contribution in [0, 0.1) is 22.0 Å². The molecule has 7 nitrogen and oxygen atoms in total. The Morgan fingerprint density at radius 3 is 2.44 bits per heavy atom. The van der Waals surface area contributed by atoms with Crippen molar-refractivity contribution in [1.29, 1.82) is 10.5 Å². The number of hydrogen-bond donors (Lipinski definition) is 2. The van der Waals surface area contributed by atoms with Gasteiger partial charge in [0.1, 0.15) is 28.5 Å². The second-order valence-corrected chi connectivity index (χ2v) is 5.91. The van der Waals surface area contributed by atoms with Crippen molar-refractivity contribution >= 4 is 29.0 Å². The van der Waals surface area contributed by atoms with Gasteiger partial charge in [-0.25, -0.2) is 0 Å². The molecule has 0 aromatic heterocycles. The van der Waals surface area contributed by atoms with Crippen molar-refractivity contribution in [2.45, 2.75) is 4.90 Å². The summed E-state index contributed by atoms with van der Waals surface area (Å²) in [6.07, 6.45) is 1.31. The summed E-state index contributed by atoms with van der Waals surface area (Å²) in [6, 6.07) is 13.8. The van der Waals surface area contributed by atoms with Gasteiger partial charge in [-0.2, -0.15) is 10.5 Å². The Labute approximate surface area is 161 Å². The fraction of sp³-hybridized carbons (Fsp3) is 0.105. The second kappa shape index (κ2) is 9.76. The third-order valence-electron chi connectivity index (χ3n) is 3.42. The Hall–Kier alpha value is -3.62. The van der Waals surface area contributed by atoms with Gasteiger partial charge in [-0.15, -0.1) is 0 Å². The van der Waals surface area contributed by atoms with Crippen LogP contribution in [-0.4, -0.2) is 20.1 Å². The highest BCUT2D eigenvalue weighted by Gasteiger charge is 2.13. The van der Waals surface area contributed by atoms with E-state index in [0.717, 1.165) is 16.7 Å². The summed E-state index contributed by atoms with van der Waals surface area (Å²) < 4.78 is 10.3. The van der Waals surface area contributed by atoms with Crippen molar-refractivity contribution in [1.82, 2.24) is 0 Å². The summed E-state index contributed by atoms with van der Waals surface area (Å²) in [5, 5.41) is 25.4. The van der Waals surface area contributed by atoms with Crippen LogP contribution in [0.3, 0.4) is 0 Å². The number of carbonyl (C=O) groups excluding carboxylic acids is 1. The molecule has 0 saturated carbocycles. The van der Waals surface area contributed by atoms with E-state index in [1.165, 1.54) is 20.4 Å². The zero-order valence-corrected chi connectivity index (χ0v) is 15.5. The van der Waals surface area contributed by atoms with E-state index < -0.39 is 5.91 Å². The molecule has 0 atom stereocenters. The summed E-state index contributed by atoms with van der Waals surface area (Å²) >= 11 is 1.05. The topological polar surface area (TPSA) is 107 Å². The van der Waals surface area contributed by atoms with E-state index in [9.17, 15) is 10.1 Å². The molecular weight excluding hydrogens is 364 g/mol. The van der Waals surface area contributed by atoms with Crippen molar-refractivity contribution in [3.8, 4) is 23.0 Å². The summed E-state index contributed by atoms with van der Waals surface area (Å²) in [5.41, 5.74) is 0.952. The fourth-order valence-corrected chi connectivity index (χ4v) is 2.45. The molecule has 0 heterocycles. The average Bonchev–Trinajstić information content (AvgIpc) is 2.69. The van der Waals surface area contributed by atoms with Crippen LogP contribution in [0.5, 0.6) is 11.5 Å². The van der Waals surface area contributed by atoms with Crippen LogP contribution < -0.4 is 20.1 Å². The molecule has 0 aliphatic rings. The molecule has 0 fully saturated rings. The van der Waals surface area contributed by atoms with Gasteiger partial charge in [0.15, 0.2) is 0 Å². The molecule has 8 heteroatoms. The van der Waals surface area contributed by atoms with Crippen molar-refractivity contribution in [3.05, 3.63) is 54.2 Å². The number of anilines is 2. The van der Waals surface area contributed by atoms with Crippen LogP contribution in [0.25, 0.3) is 0 Å². The summed E-state index contributed by atoms with van der Waals surface area (Å²) in [4.78, 5) is 13.2. The number of amides is 1. The summed E-state index contributed by atoms with van der Waals surface area (Å²) in [5.74, 6) is 0.398. The Morgan fingerprint density at radius 1 is 1.11 bits per heavy atom. The lowest BCUT2D eigenvalue weighted by Gasteiger charge is -2.11. The van der Waals surface area contributed by atoms with E-state index in [-0.39, 0.29) is 5.57 Å². The maximum atomic E-state index is 12.4. The number of nitriles is 2. The van der Waals surface area contributed by atoms with Gasteiger partial charge in [0.05, 0.1) is 19.9 Å². The van der Waals surface area contributed by atoms with Crippen molar-refractivity contribution in [2.75, 3.05) is 24.9 Å². The molecule has 0 bridgehead atoms. The van der Waals surface area contributed by atoms with E-state index in [0.29, 0.717) is 22.9 Å². The zero-order valence-electron chi connectivity index (χ0n) is 14.6. The molecule has 0 saturated heterocycles. The standard InChI is InChI=1S/C19H16N4O3S/c1-25-15-5-8-18(26-2)17(9-15)23-19(24)13(10-20)11-22-14-3-6-16(7-4-14)27-12-21/h3-9,11,22H,1-2H3,(H,23,24)/b13-11-. The smallest absolute Gasteiger partial charge is 0.267 e. The van der Waals surface area contributed by atoms with Gasteiger partial charge in [0, 0.05) is 22.8 Å². The molecule has 0 radical (unpaired) electrons. The summed E-state index contributed by atoms with van der Waals surface area (Å²) in [7, 11) is 2.99. The first-order valence-electron chi connectivity index (χ1n) is 7.67. The number of thiocyanates is 1. The average molecular weight is 380 g/mol. The minimum atomic E-state index is -0.590. The maximum Gasteiger partial charge on any atom is 0.267 e. The monoisotopic (exact) mass is 380 g/mol. The van der Waals surface area contributed by atoms with Gasteiger partial charge in [-0.1, -0.05) is 0 Å². The molecule has 0 unspecified atom stereocenters. The number of rotatable bonds is 7. The SMILES string of the molecule is COc1ccc(OC)c(NC(=O)/C(C#N)=C\Nc2ccc(SC#N)cc2)c1. The lowest BCUT2D eigenvalue weighted by Crippen LogP contribution is -2.15. The minimum absolute atomic E-state index is 0.115. The summed E-state index contributed by atoms with van der Waals surface area (Å²) in [6.45, 7) is 0. The van der Waals surface area contributed by atoms with E-state index in [1.54, 1.807) is 42.5 Å². The van der Waals surface area contributed by atoms with Crippen LogP contribution in [-0.2, 0) is 4.79 Å². The van der Waals surface area contributed by atoms with E-state index in [2.05, 4.69) is 10.6 Å². The molecule has 0 spiro atoms. The first-order chi connectivity index (χ1) is 13.1. The highest BCUT2D eigenvalue weighted by atomic mass is 32.2. The van der Waals surface area contributed by atoms with Crippen LogP contribution in [0.2, 0.25) is 0 Å². The molecule has 2 aromatic carbocycles. The van der Waals surface area contributed by atoms with Gasteiger partial charge in [0.2, 0.25) is 0 Å². The first-order valence-corrected chi connectivity index (χ1v) is 8.49. The number of nitrogens with one attached hydrogen (secondary N) is 2. The molecule has 2 N–H and O–H groups in total. The third-order valence-corrected chi connectivity index (χ3v) is 4.02. The van der Waals surface area contributed by atoms with Crippen molar-refractivity contribution in [3.63, 3.8) is 0 Å². The molecule has 136 valence electrons. The van der Waals surface area contributed by atoms with Gasteiger partial charge in [0.25, 0.3) is 5.91 Å². The number of benzene rings is 2. The molecular formula is C19H16N4O3S. The maximum absolute atomic E-state index is 12.4. The molecule has 0 aliphatic carbocycles. The highest BCUT2D eigenvalue weighted by Crippen LogP contribution is 2.29. The number of methoxy groups -OCH3 is 2. The number of nitrogens with zero attached hydrogens (tertiary/aromatic N) is 2. The van der Waals surface area contributed by atoms with Crippen LogP contribution >= 0.6 is 11.8 Å². The van der Waals surface area contributed by atoms with Crippen LogP contribution in [0.1, 0.15) is 0 Å². The Balaban J connectivity index is 2.12. The minimum Gasteiger partial charge on any atom is -0.497 e. The normalized spacial score (nSPS) is 10.3. The predicted octanol–water partition coefficient (Wildman–Crippen LogP) is 3.74. The van der Waals surface area contributed by atoms with Crippen molar-refractivity contribution in [2.24, 2.45) is 0 Å². The van der Waals surface area contributed by atoms with Gasteiger partial charge < -0.3 is 20.1 Å². The molecule has 0 aliphatic heterocycles. The Kier molecular flexibility index (Phi) is 7.12. The number of ether oxygens (including phenoxy) is 2. The Morgan fingerprint density at radius 2 is 1.85 bits per heavy atom. The first kappa shape index (κ1) is 19.7. The molecule has 2 aromatic rings. The Bertz CT molecular complexity index is 927. The molecule has 2 rings (SSSR count). The lowest BCUT2D eigenvalue weighted by molar-refractivity contribution is -0.112. The van der Waals surface area contributed by atoms with Gasteiger partial charge in [-0.05, 0) is 48.2 Å². The van der Waals surface area contributed by atoms with Crippen LogP contribution in [0.15, 0.2) is 59.1 Å². The number of carbonyl (C=O) groups is 1. The third kappa shape index (κ3) is 5.43. The second-order valence-electron chi connectivity index (χ2n) is 5.05. The van der Waals surface area contributed by atoms with E-state index >= 15 is 0 Å². The largest absolute Gasteiger partial charge is 0.497 e. The predicted molar refractivity (Wildman–Crippen MR) is 103 cm³/mol. The van der Waals surface area contributed by atoms with E-state index in [1.807, 2.05) is 11.5 Å². The van der Waals surface area contributed by atoms with Gasteiger partial charge in [-0.3, -0.25) is 4.79 Å². The fourth-order valence-electron chi connectivity index (χ4n) is 2.08. The number of hydrogen-bond acceptors (Lipinski definition) is 7. The van der Waals surface area contributed by atoms with Gasteiger partial charge >= 0.3 is 0 Å². The number of thioether (sulfide) groups is 1. The quantitative estimate of drug-likeness (QED) is 0.326. The van der Waals surface area contributed by atoms with E-state index in [4.69, 9.17) is 14.7 Å². The van der Waals surface area contributed by atoms with Crippen LogP contribution in [0.4, 0.5) is 11.4 Å². The molecule has 1 amide bonds. The highest BCUT2D eigenvalue weighted by molar-refractivity contribution is 8.03. The van der Waals surface area contributed by atoms with Crippen molar-refractivity contribution < 1.29 is 14.3 Å².